The quantitative estimate of drug-likeness (QED) is 0.0737. The summed E-state index contributed by atoms with van der Waals surface area (Å²) >= 11 is 1.58. The largest absolute Gasteiger partial charge is 0.507 e. The molecule has 0 aliphatic carbocycles. The smallest absolute Gasteiger partial charge is 0.246 e. The van der Waals surface area contributed by atoms with Crippen molar-refractivity contribution in [2.75, 3.05) is 30.3 Å². The summed E-state index contributed by atoms with van der Waals surface area (Å²) in [6.07, 6.45) is 8.20. The Morgan fingerprint density at radius 2 is 1.58 bits per heavy atom. The molecule has 4 aromatic rings. The number of anilines is 2. The Bertz CT molecular complexity index is 2280. The summed E-state index contributed by atoms with van der Waals surface area (Å²) in [5.41, 5.74) is 12.4. The Hall–Kier alpha value is -5.61. The average molecular weight is 908 g/mol. The zero-order chi connectivity index (χ0) is 46.3. The van der Waals surface area contributed by atoms with Gasteiger partial charge in [0, 0.05) is 63.1 Å². The molecule has 15 nitrogen and oxygen atoms in total. The van der Waals surface area contributed by atoms with Crippen molar-refractivity contribution in [3.8, 4) is 27.4 Å². The van der Waals surface area contributed by atoms with Crippen molar-refractivity contribution in [1.29, 1.82) is 0 Å². The van der Waals surface area contributed by atoms with Gasteiger partial charge < -0.3 is 41.3 Å². The molecule has 4 unspecified atom stereocenters. The van der Waals surface area contributed by atoms with Gasteiger partial charge in [0.1, 0.15) is 17.8 Å². The first-order valence-corrected chi connectivity index (χ1v) is 24.1. The fourth-order valence-electron chi connectivity index (χ4n) is 9.59. The Morgan fingerprint density at radius 1 is 0.908 bits per heavy atom. The standard InChI is InChI=1S/C49H65N9O6S/c1-31-44(65-30-52-31)33-22-20-32(21-23-33)26-51-47(63)40-24-36(59)29-57(40)48(64)45(49(2,3)4)53-42(61)18-9-7-5-6-8-10-19-43(62)58-34-14-13-15-35(58)28-56(27-34)39-25-38(54-55-46(39)50)37-16-11-12-17-41(37)60/h11-12,16-17,20-23,25,30,34-36,40,45,59-60H,5-10,13-15,18-19,24,26-29H2,1-4H3,(H2,50,55)(H,51,63)(H,53,61)/t34?,35?,36-,40?,45?/m1/s1. The van der Waals surface area contributed by atoms with E-state index in [9.17, 15) is 29.4 Å². The van der Waals surface area contributed by atoms with E-state index in [1.807, 2.05) is 69.6 Å². The van der Waals surface area contributed by atoms with Gasteiger partial charge in [-0.05, 0) is 73.8 Å². The number of nitrogens with one attached hydrogen (secondary N) is 2. The van der Waals surface area contributed by atoms with Crippen LogP contribution in [-0.2, 0) is 25.7 Å². The van der Waals surface area contributed by atoms with Crippen LogP contribution in [0.25, 0.3) is 21.7 Å². The Balaban J connectivity index is 0.815. The number of fused-ring (bicyclic) bond motifs is 2. The fourth-order valence-corrected chi connectivity index (χ4v) is 10.4. The zero-order valence-electron chi connectivity index (χ0n) is 38.2. The molecule has 2 aromatic heterocycles. The van der Waals surface area contributed by atoms with Crippen LogP contribution in [0, 0.1) is 12.3 Å². The number of para-hydroxylation sites is 1. The molecule has 3 aliphatic heterocycles. The molecule has 3 aliphatic rings. The lowest BCUT2D eigenvalue weighted by atomic mass is 9.85. The molecule has 0 spiro atoms. The van der Waals surface area contributed by atoms with E-state index in [4.69, 9.17) is 5.73 Å². The minimum absolute atomic E-state index is 0.0229. The summed E-state index contributed by atoms with van der Waals surface area (Å²) in [5, 5.41) is 35.4. The lowest BCUT2D eigenvalue weighted by Crippen LogP contribution is -2.62. The van der Waals surface area contributed by atoms with Crippen molar-refractivity contribution in [2.24, 2.45) is 5.41 Å². The number of aromatic nitrogens is 3. The molecular formula is C49H65N9O6S. The number of carbonyl (C=O) groups excluding carboxylic acids is 4. The van der Waals surface area contributed by atoms with Crippen LogP contribution >= 0.6 is 11.3 Å². The minimum Gasteiger partial charge on any atom is -0.507 e. The van der Waals surface area contributed by atoms with Gasteiger partial charge in [0.15, 0.2) is 5.82 Å². The molecule has 7 rings (SSSR count). The molecule has 65 heavy (non-hydrogen) atoms. The van der Waals surface area contributed by atoms with E-state index in [-0.39, 0.29) is 67.4 Å². The number of benzene rings is 2. The van der Waals surface area contributed by atoms with Gasteiger partial charge in [-0.15, -0.1) is 21.5 Å². The van der Waals surface area contributed by atoms with Crippen molar-refractivity contribution in [1.82, 2.24) is 35.6 Å². The molecule has 2 bridgehead atoms. The molecule has 16 heteroatoms. The number of thiazole rings is 1. The van der Waals surface area contributed by atoms with Crippen LogP contribution in [0.15, 0.2) is 60.1 Å². The number of piperidine rings is 1. The highest BCUT2D eigenvalue weighted by molar-refractivity contribution is 7.13. The number of piperazine rings is 1. The van der Waals surface area contributed by atoms with E-state index in [0.29, 0.717) is 43.0 Å². The molecular weight excluding hydrogens is 843 g/mol. The number of nitrogens with two attached hydrogens (primary N) is 1. The number of aliphatic hydroxyl groups excluding tert-OH is 1. The van der Waals surface area contributed by atoms with Gasteiger partial charge in [-0.1, -0.05) is 82.9 Å². The third-order valence-corrected chi connectivity index (χ3v) is 14.1. The maximum atomic E-state index is 14.0. The first-order valence-electron chi connectivity index (χ1n) is 23.2. The predicted octanol–water partition coefficient (Wildman–Crippen LogP) is 6.36. The van der Waals surface area contributed by atoms with Crippen LogP contribution in [0.4, 0.5) is 11.5 Å². The van der Waals surface area contributed by atoms with E-state index in [2.05, 4.69) is 35.6 Å². The second-order valence-electron chi connectivity index (χ2n) is 19.0. The summed E-state index contributed by atoms with van der Waals surface area (Å²) in [6.45, 7) is 9.27. The molecule has 5 heterocycles. The van der Waals surface area contributed by atoms with Crippen LogP contribution < -0.4 is 21.3 Å². The number of rotatable bonds is 17. The van der Waals surface area contributed by atoms with Crippen molar-refractivity contribution >= 4 is 46.5 Å². The van der Waals surface area contributed by atoms with Gasteiger partial charge in [0.05, 0.1) is 33.6 Å². The van der Waals surface area contributed by atoms with Gasteiger partial charge in [-0.25, -0.2) is 4.98 Å². The molecule has 0 radical (unpaired) electrons. The number of phenolic OH excluding ortho intramolecular Hbond substituents is 1. The van der Waals surface area contributed by atoms with Gasteiger partial charge >= 0.3 is 0 Å². The highest BCUT2D eigenvalue weighted by atomic mass is 32.1. The molecule has 0 saturated carbocycles. The number of likely N-dealkylation sites (tertiary alicyclic amines) is 1. The van der Waals surface area contributed by atoms with E-state index in [1.165, 1.54) is 4.90 Å². The number of aromatic hydroxyl groups is 1. The summed E-state index contributed by atoms with van der Waals surface area (Å²) in [4.78, 5) is 65.6. The summed E-state index contributed by atoms with van der Waals surface area (Å²) in [7, 11) is 0. The van der Waals surface area contributed by atoms with E-state index in [1.54, 1.807) is 29.5 Å². The number of hydrogen-bond donors (Lipinski definition) is 5. The minimum atomic E-state index is -0.868. The summed E-state index contributed by atoms with van der Waals surface area (Å²) in [6, 6.07) is 15.3. The number of aliphatic hydroxyl groups is 1. The first-order chi connectivity index (χ1) is 31.2. The SMILES string of the molecule is Cc1ncsc1-c1ccc(CNC(=O)C2C[C@@H](O)CN2C(=O)C(NC(=O)CCCCCCCCC(=O)N2C3CCCC2CN(c2cc(-c4ccccc4O)nnc2N)C3)C(C)(C)C)cc1. The second kappa shape index (κ2) is 21.1. The van der Waals surface area contributed by atoms with Gasteiger partial charge in [0.25, 0.3) is 0 Å². The maximum absolute atomic E-state index is 14.0. The second-order valence-corrected chi connectivity index (χ2v) is 19.9. The molecule has 6 N–H and O–H groups in total. The molecule has 4 amide bonds. The van der Waals surface area contributed by atoms with Crippen molar-refractivity contribution in [3.05, 3.63) is 71.4 Å². The Labute approximate surface area is 386 Å². The third kappa shape index (κ3) is 11.6. The average Bonchev–Trinajstić information content (AvgIpc) is 3.90. The van der Waals surface area contributed by atoms with Crippen LogP contribution in [0.3, 0.4) is 0 Å². The van der Waals surface area contributed by atoms with Crippen LogP contribution in [0.2, 0.25) is 0 Å². The number of aryl methyl sites for hydroxylation is 1. The molecule has 3 fully saturated rings. The number of amides is 4. The maximum Gasteiger partial charge on any atom is 0.246 e. The normalized spacial score (nSPS) is 20.1. The van der Waals surface area contributed by atoms with Crippen LogP contribution in [0.5, 0.6) is 5.75 Å². The van der Waals surface area contributed by atoms with Crippen LogP contribution in [-0.4, -0.2) is 109 Å². The highest BCUT2D eigenvalue weighted by Gasteiger charge is 2.45. The molecule has 5 atom stereocenters. The van der Waals surface area contributed by atoms with E-state index in [0.717, 1.165) is 78.8 Å². The lowest BCUT2D eigenvalue weighted by molar-refractivity contribution is -0.144. The Morgan fingerprint density at radius 3 is 2.25 bits per heavy atom. The Kier molecular flexibility index (Phi) is 15.4. The zero-order valence-corrected chi connectivity index (χ0v) is 39.0. The number of nitrogens with zero attached hydrogens (tertiary/aromatic N) is 6. The van der Waals surface area contributed by atoms with Crippen molar-refractivity contribution in [2.45, 2.75) is 142 Å². The number of nitrogen functional groups attached to an aromatic ring is 1. The summed E-state index contributed by atoms with van der Waals surface area (Å²) in [5.74, 6) is -0.264. The number of carbonyl (C=O) groups is 4. The topological polar surface area (TPSA) is 207 Å². The molecule has 348 valence electrons. The lowest BCUT2D eigenvalue weighted by Gasteiger charge is -2.51. The third-order valence-electron chi connectivity index (χ3n) is 13.1. The molecule has 2 aromatic carbocycles. The van der Waals surface area contributed by atoms with Gasteiger partial charge in [-0.2, -0.15) is 0 Å². The first kappa shape index (κ1) is 47.4. The number of phenols is 1. The van der Waals surface area contributed by atoms with Crippen molar-refractivity contribution in [3.63, 3.8) is 0 Å². The number of unbranched alkanes of at least 4 members (excludes halogenated alkanes) is 5. The highest BCUT2D eigenvalue weighted by Crippen LogP contribution is 2.37. The fraction of sp³-hybridized carbons (Fsp3) is 0.531. The van der Waals surface area contributed by atoms with Crippen molar-refractivity contribution < 1.29 is 29.4 Å². The predicted molar refractivity (Wildman–Crippen MR) is 253 cm³/mol. The van der Waals surface area contributed by atoms with E-state index < -0.39 is 23.6 Å². The monoisotopic (exact) mass is 907 g/mol. The van der Waals surface area contributed by atoms with Gasteiger partial charge in [0.2, 0.25) is 23.6 Å². The van der Waals surface area contributed by atoms with Crippen LogP contribution in [0.1, 0.15) is 109 Å². The van der Waals surface area contributed by atoms with E-state index >= 15 is 0 Å². The number of hydrogen-bond acceptors (Lipinski definition) is 12. The summed E-state index contributed by atoms with van der Waals surface area (Å²) < 4.78 is 0. The van der Waals surface area contributed by atoms with Gasteiger partial charge in [-0.3, -0.25) is 19.2 Å². The number of β-amino-alcohol motifs (C(OH)–C–C–N with tert-alkyl or cyclic N) is 1. The molecule has 3 saturated heterocycles.